The minimum Gasteiger partial charge on any atom is -0.359 e. The number of benzene rings is 1. The number of nitrogens with one attached hydrogen (secondary N) is 2. The number of hydrogen-bond acceptors (Lipinski definition) is 2. The fraction of sp³-hybridized carbons (Fsp3) is 0.200. The first-order valence-electron chi connectivity index (χ1n) is 8.59. The molecule has 0 spiro atoms. The number of carbonyl (C=O) groups excluding carboxylic acids is 1. The highest BCUT2D eigenvalue weighted by atomic mass is 35.5. The lowest BCUT2D eigenvalue weighted by atomic mass is 10.0. The molecule has 1 aliphatic heterocycles. The number of H-pyrrole nitrogens is 1. The quantitative estimate of drug-likeness (QED) is 0.729. The van der Waals surface area contributed by atoms with E-state index in [4.69, 9.17) is 11.6 Å². The fourth-order valence-corrected chi connectivity index (χ4v) is 3.32. The number of halogens is 1. The van der Waals surface area contributed by atoms with Crippen molar-refractivity contribution in [1.29, 1.82) is 0 Å². The molecule has 2 amide bonds. The maximum absolute atomic E-state index is 12.4. The number of aromatic amines is 1. The van der Waals surface area contributed by atoms with Crippen molar-refractivity contribution in [2.75, 3.05) is 13.1 Å². The van der Waals surface area contributed by atoms with Crippen LogP contribution in [-0.2, 0) is 6.54 Å². The normalized spacial score (nSPS) is 14.3. The van der Waals surface area contributed by atoms with E-state index in [1.54, 1.807) is 6.20 Å². The molecule has 0 fully saturated rings. The van der Waals surface area contributed by atoms with Crippen LogP contribution in [0.25, 0.3) is 16.6 Å². The average Bonchev–Trinajstić information content (AvgIpc) is 3.11. The van der Waals surface area contributed by atoms with Crippen molar-refractivity contribution in [2.45, 2.75) is 13.0 Å². The zero-order valence-corrected chi connectivity index (χ0v) is 15.0. The van der Waals surface area contributed by atoms with Crippen LogP contribution in [0.15, 0.2) is 54.9 Å². The van der Waals surface area contributed by atoms with Crippen molar-refractivity contribution >= 4 is 34.2 Å². The molecule has 0 atom stereocenters. The summed E-state index contributed by atoms with van der Waals surface area (Å²) >= 11 is 5.88. The smallest absolute Gasteiger partial charge is 0.317 e. The van der Waals surface area contributed by atoms with Gasteiger partial charge in [0.1, 0.15) is 0 Å². The number of nitrogens with zero attached hydrogens (tertiary/aromatic N) is 2. The molecule has 6 heteroatoms. The predicted octanol–water partition coefficient (Wildman–Crippen LogP) is 4.22. The van der Waals surface area contributed by atoms with Crippen LogP contribution in [0.3, 0.4) is 0 Å². The van der Waals surface area contributed by atoms with Crippen molar-refractivity contribution in [1.82, 2.24) is 20.2 Å². The van der Waals surface area contributed by atoms with Crippen LogP contribution in [0.1, 0.15) is 17.5 Å². The first-order chi connectivity index (χ1) is 12.7. The minimum atomic E-state index is -0.0488. The van der Waals surface area contributed by atoms with Crippen LogP contribution in [0.4, 0.5) is 4.79 Å². The average molecular weight is 367 g/mol. The molecule has 0 radical (unpaired) electrons. The van der Waals surface area contributed by atoms with E-state index in [0.717, 1.165) is 28.6 Å². The molecule has 5 nitrogen and oxygen atoms in total. The highest BCUT2D eigenvalue weighted by Gasteiger charge is 2.19. The largest absolute Gasteiger partial charge is 0.359 e. The van der Waals surface area contributed by atoms with Gasteiger partial charge in [0.25, 0.3) is 0 Å². The van der Waals surface area contributed by atoms with Crippen molar-refractivity contribution in [2.24, 2.45) is 0 Å². The summed E-state index contributed by atoms with van der Waals surface area (Å²) in [5.74, 6) is 0. The molecule has 0 bridgehead atoms. The van der Waals surface area contributed by atoms with Gasteiger partial charge in [0, 0.05) is 42.6 Å². The van der Waals surface area contributed by atoms with Crippen LogP contribution in [-0.4, -0.2) is 34.0 Å². The summed E-state index contributed by atoms with van der Waals surface area (Å²) in [6, 6.07) is 11.4. The Morgan fingerprint density at radius 2 is 2.12 bits per heavy atom. The summed E-state index contributed by atoms with van der Waals surface area (Å²) in [6.45, 7) is 1.79. The van der Waals surface area contributed by atoms with Crippen LogP contribution < -0.4 is 5.32 Å². The number of aromatic nitrogens is 2. The number of hydrogen-bond donors (Lipinski definition) is 2. The number of pyridine rings is 1. The molecule has 3 heterocycles. The molecule has 0 aliphatic carbocycles. The molecule has 3 aromatic rings. The third kappa shape index (κ3) is 3.44. The Morgan fingerprint density at radius 1 is 1.27 bits per heavy atom. The second kappa shape index (κ2) is 7.22. The van der Waals surface area contributed by atoms with Gasteiger partial charge in [0.05, 0.1) is 11.0 Å². The zero-order valence-electron chi connectivity index (χ0n) is 14.2. The third-order valence-corrected chi connectivity index (χ3v) is 4.89. The minimum absolute atomic E-state index is 0.0488. The fourth-order valence-electron chi connectivity index (χ4n) is 3.19. The monoisotopic (exact) mass is 366 g/mol. The summed E-state index contributed by atoms with van der Waals surface area (Å²) in [4.78, 5) is 21.9. The highest BCUT2D eigenvalue weighted by molar-refractivity contribution is 6.30. The van der Waals surface area contributed by atoms with E-state index in [1.807, 2.05) is 47.5 Å². The molecule has 2 N–H and O–H groups in total. The Bertz CT molecular complexity index is 961. The van der Waals surface area contributed by atoms with E-state index < -0.39 is 0 Å². The molecule has 0 unspecified atom stereocenters. The van der Waals surface area contributed by atoms with E-state index >= 15 is 0 Å². The lowest BCUT2D eigenvalue weighted by Gasteiger charge is -2.26. The number of fused-ring (bicyclic) bond motifs is 1. The summed E-state index contributed by atoms with van der Waals surface area (Å²) in [5.41, 5.74) is 5.41. The summed E-state index contributed by atoms with van der Waals surface area (Å²) < 4.78 is 0. The maximum Gasteiger partial charge on any atom is 0.317 e. The predicted molar refractivity (Wildman–Crippen MR) is 104 cm³/mol. The van der Waals surface area contributed by atoms with Gasteiger partial charge in [-0.2, -0.15) is 0 Å². The number of amides is 2. The Balaban J connectivity index is 1.39. The third-order valence-electron chi connectivity index (χ3n) is 4.63. The van der Waals surface area contributed by atoms with Crippen LogP contribution in [0.2, 0.25) is 5.02 Å². The first kappa shape index (κ1) is 16.7. The van der Waals surface area contributed by atoms with Gasteiger partial charge in [-0.25, -0.2) is 4.79 Å². The molecule has 132 valence electrons. The highest BCUT2D eigenvalue weighted by Crippen LogP contribution is 2.27. The molecule has 1 aliphatic rings. The standard InChI is InChI=1S/C20H19ClN4O/c21-16-5-3-14(4-6-16)12-24-20(26)25-10-7-15(8-11-25)17-13-23-18-2-1-9-22-19(17)18/h1-7,9,13,23H,8,10-12H2,(H,24,26). The Kier molecular flexibility index (Phi) is 4.63. The SMILES string of the molecule is O=C(NCc1ccc(Cl)cc1)N1CC=C(c2c[nH]c3cccnc23)CC1. The molecular formula is C20H19ClN4O. The Morgan fingerprint density at radius 3 is 2.88 bits per heavy atom. The van der Waals surface area contributed by atoms with Gasteiger partial charge in [-0.05, 0) is 41.8 Å². The molecule has 2 aromatic heterocycles. The van der Waals surface area contributed by atoms with E-state index in [-0.39, 0.29) is 6.03 Å². The van der Waals surface area contributed by atoms with Crippen LogP contribution >= 0.6 is 11.6 Å². The van der Waals surface area contributed by atoms with Crippen molar-refractivity contribution in [3.63, 3.8) is 0 Å². The van der Waals surface area contributed by atoms with Gasteiger partial charge >= 0.3 is 6.03 Å². The van der Waals surface area contributed by atoms with Crippen molar-refractivity contribution < 1.29 is 4.79 Å². The second-order valence-electron chi connectivity index (χ2n) is 6.31. The summed E-state index contributed by atoms with van der Waals surface area (Å²) in [5, 5.41) is 3.66. The number of rotatable bonds is 3. The van der Waals surface area contributed by atoms with Crippen molar-refractivity contribution in [3.8, 4) is 0 Å². The number of carbonyl (C=O) groups is 1. The van der Waals surface area contributed by atoms with Gasteiger partial charge in [-0.1, -0.05) is 29.8 Å². The van der Waals surface area contributed by atoms with Crippen LogP contribution in [0.5, 0.6) is 0 Å². The van der Waals surface area contributed by atoms with Gasteiger partial charge in [0.2, 0.25) is 0 Å². The van der Waals surface area contributed by atoms with E-state index in [0.29, 0.717) is 24.7 Å². The van der Waals surface area contributed by atoms with E-state index in [1.165, 1.54) is 5.57 Å². The van der Waals surface area contributed by atoms with E-state index in [9.17, 15) is 4.79 Å². The lowest BCUT2D eigenvalue weighted by Crippen LogP contribution is -2.41. The van der Waals surface area contributed by atoms with Gasteiger partial charge in [0.15, 0.2) is 0 Å². The second-order valence-corrected chi connectivity index (χ2v) is 6.75. The maximum atomic E-state index is 12.4. The van der Waals surface area contributed by atoms with Crippen LogP contribution in [0, 0.1) is 0 Å². The molecule has 0 saturated carbocycles. The molecule has 0 saturated heterocycles. The zero-order chi connectivity index (χ0) is 17.9. The van der Waals surface area contributed by atoms with E-state index in [2.05, 4.69) is 21.4 Å². The Hall–Kier alpha value is -2.79. The van der Waals surface area contributed by atoms with Crippen molar-refractivity contribution in [3.05, 3.63) is 71.0 Å². The van der Waals surface area contributed by atoms with Gasteiger partial charge in [-0.3, -0.25) is 4.98 Å². The molecule has 26 heavy (non-hydrogen) atoms. The van der Waals surface area contributed by atoms with Gasteiger partial charge in [-0.15, -0.1) is 0 Å². The molecule has 4 rings (SSSR count). The number of urea groups is 1. The topological polar surface area (TPSA) is 61.0 Å². The Labute approximate surface area is 156 Å². The van der Waals surface area contributed by atoms with Gasteiger partial charge < -0.3 is 15.2 Å². The summed E-state index contributed by atoms with van der Waals surface area (Å²) in [6.07, 6.45) is 6.74. The lowest BCUT2D eigenvalue weighted by molar-refractivity contribution is 0.202. The molecule has 1 aromatic carbocycles. The molecular weight excluding hydrogens is 348 g/mol. The summed E-state index contributed by atoms with van der Waals surface area (Å²) in [7, 11) is 0. The first-order valence-corrected chi connectivity index (χ1v) is 8.97.